The highest BCUT2D eigenvalue weighted by molar-refractivity contribution is 6.29. The quantitative estimate of drug-likeness (QED) is 0.541. The number of nitrogens with zero attached hydrogens (tertiary/aromatic N) is 4. The van der Waals surface area contributed by atoms with Crippen LogP contribution < -0.4 is 0 Å². The average molecular weight is 233 g/mol. The number of rotatable bonds is 1. The summed E-state index contributed by atoms with van der Waals surface area (Å²) < 4.78 is 1.50. The molecule has 0 saturated carbocycles. The molecule has 0 N–H and O–H groups in total. The third-order valence-corrected chi connectivity index (χ3v) is 1.91. The number of carbonyl (C=O) groups is 1. The first-order valence-electron chi connectivity index (χ1n) is 4.29. The zero-order valence-corrected chi connectivity index (χ0v) is 8.72. The highest BCUT2D eigenvalue weighted by Gasteiger charge is 2.00. The highest BCUT2D eigenvalue weighted by atomic mass is 35.5. The lowest BCUT2D eigenvalue weighted by Crippen LogP contribution is -1.98. The summed E-state index contributed by atoms with van der Waals surface area (Å²) in [6, 6.07) is 3.29. The van der Waals surface area contributed by atoms with Crippen molar-refractivity contribution < 1.29 is 4.79 Å². The molecule has 0 fully saturated rings. The van der Waals surface area contributed by atoms with Crippen molar-refractivity contribution in [2.75, 3.05) is 0 Å². The topological polar surface area (TPSA) is 60.7 Å². The number of aldehydes is 1. The molecule has 2 aromatic heterocycles. The smallest absolute Gasteiger partial charge is 0.193 e. The SMILES string of the molecule is O=CC#Cc1cnn(-c2ccc(Cl)nn2)c1. The minimum Gasteiger partial charge on any atom is -0.289 e. The Kier molecular flexibility index (Phi) is 2.94. The minimum atomic E-state index is 0.317. The highest BCUT2D eigenvalue weighted by Crippen LogP contribution is 2.06. The molecule has 0 aliphatic heterocycles. The van der Waals surface area contributed by atoms with Crippen LogP contribution in [-0.2, 0) is 4.79 Å². The largest absolute Gasteiger partial charge is 0.289 e. The van der Waals surface area contributed by atoms with E-state index in [4.69, 9.17) is 11.6 Å². The Balaban J connectivity index is 2.31. The second-order valence-electron chi connectivity index (χ2n) is 2.78. The van der Waals surface area contributed by atoms with E-state index >= 15 is 0 Å². The molecule has 0 atom stereocenters. The second-order valence-corrected chi connectivity index (χ2v) is 3.16. The van der Waals surface area contributed by atoms with Crippen LogP contribution in [0, 0.1) is 11.8 Å². The number of carbonyl (C=O) groups excluding carboxylic acids is 1. The van der Waals surface area contributed by atoms with Crippen LogP contribution in [-0.4, -0.2) is 26.3 Å². The molecular weight excluding hydrogens is 228 g/mol. The zero-order valence-electron chi connectivity index (χ0n) is 7.96. The molecule has 0 saturated heterocycles. The maximum Gasteiger partial charge on any atom is 0.193 e. The van der Waals surface area contributed by atoms with Crippen LogP contribution in [0.5, 0.6) is 0 Å². The van der Waals surface area contributed by atoms with Gasteiger partial charge in [0.1, 0.15) is 0 Å². The van der Waals surface area contributed by atoms with Gasteiger partial charge in [-0.1, -0.05) is 17.5 Å². The predicted molar refractivity (Wildman–Crippen MR) is 57.1 cm³/mol. The van der Waals surface area contributed by atoms with Gasteiger partial charge >= 0.3 is 0 Å². The predicted octanol–water partition coefficient (Wildman–Crippen LogP) is 0.866. The molecule has 0 aliphatic carbocycles. The van der Waals surface area contributed by atoms with Crippen LogP contribution in [0.2, 0.25) is 5.15 Å². The van der Waals surface area contributed by atoms with Crippen molar-refractivity contribution in [1.29, 1.82) is 0 Å². The maximum absolute atomic E-state index is 10.1. The molecule has 5 nitrogen and oxygen atoms in total. The third-order valence-electron chi connectivity index (χ3n) is 1.71. The van der Waals surface area contributed by atoms with E-state index in [0.717, 1.165) is 0 Å². The Morgan fingerprint density at radius 1 is 1.38 bits per heavy atom. The molecule has 16 heavy (non-hydrogen) atoms. The maximum atomic E-state index is 10.1. The van der Waals surface area contributed by atoms with Gasteiger partial charge in [-0.05, 0) is 18.1 Å². The molecule has 0 unspecified atom stereocenters. The van der Waals surface area contributed by atoms with Gasteiger partial charge < -0.3 is 0 Å². The van der Waals surface area contributed by atoms with Crippen LogP contribution in [0.25, 0.3) is 5.82 Å². The Bertz CT molecular complexity index is 564. The van der Waals surface area contributed by atoms with Crippen LogP contribution in [0.1, 0.15) is 5.56 Å². The second kappa shape index (κ2) is 4.55. The van der Waals surface area contributed by atoms with E-state index in [9.17, 15) is 4.79 Å². The van der Waals surface area contributed by atoms with Crippen molar-refractivity contribution in [2.45, 2.75) is 0 Å². The molecule has 6 heteroatoms. The molecule has 0 bridgehead atoms. The normalized spacial score (nSPS) is 9.31. The van der Waals surface area contributed by atoms with E-state index in [1.54, 1.807) is 18.3 Å². The molecule has 0 aromatic carbocycles. The first-order valence-corrected chi connectivity index (χ1v) is 4.67. The standard InChI is InChI=1S/C10H5ClN4O/c11-9-3-4-10(14-13-9)15-7-8(6-12-15)2-1-5-16/h3-7H. The summed E-state index contributed by atoms with van der Waals surface area (Å²) >= 11 is 5.61. The van der Waals surface area contributed by atoms with Gasteiger partial charge in [-0.25, -0.2) is 4.68 Å². The summed E-state index contributed by atoms with van der Waals surface area (Å²) in [5.41, 5.74) is 0.629. The van der Waals surface area contributed by atoms with Crippen molar-refractivity contribution in [3.05, 3.63) is 35.2 Å². The lowest BCUT2D eigenvalue weighted by molar-refractivity contribution is -0.103. The van der Waals surface area contributed by atoms with Gasteiger partial charge in [0.15, 0.2) is 17.3 Å². The molecule has 0 amide bonds. The van der Waals surface area contributed by atoms with Crippen molar-refractivity contribution in [3.8, 4) is 17.7 Å². The van der Waals surface area contributed by atoms with Gasteiger partial charge in [-0.2, -0.15) is 5.10 Å². The summed E-state index contributed by atoms with van der Waals surface area (Å²) in [6.07, 6.45) is 3.71. The van der Waals surface area contributed by atoms with Crippen LogP contribution in [0.4, 0.5) is 0 Å². The van der Waals surface area contributed by atoms with Gasteiger partial charge in [0.05, 0.1) is 11.8 Å². The van der Waals surface area contributed by atoms with E-state index in [2.05, 4.69) is 27.1 Å². The fraction of sp³-hybridized carbons (Fsp3) is 0. The van der Waals surface area contributed by atoms with Gasteiger partial charge in [0.25, 0.3) is 0 Å². The molecule has 0 aliphatic rings. The summed E-state index contributed by atoms with van der Waals surface area (Å²) in [6.45, 7) is 0. The zero-order chi connectivity index (χ0) is 11.4. The van der Waals surface area contributed by atoms with Crippen molar-refractivity contribution in [3.63, 3.8) is 0 Å². The van der Waals surface area contributed by atoms with E-state index in [1.807, 2.05) is 0 Å². The number of aromatic nitrogens is 4. The lowest BCUT2D eigenvalue weighted by atomic mass is 10.4. The monoisotopic (exact) mass is 232 g/mol. The van der Waals surface area contributed by atoms with Gasteiger partial charge in [-0.3, -0.25) is 4.79 Å². The van der Waals surface area contributed by atoms with Gasteiger partial charge in [-0.15, -0.1) is 10.2 Å². The molecular formula is C10H5ClN4O. The fourth-order valence-corrected chi connectivity index (χ4v) is 1.16. The van der Waals surface area contributed by atoms with Crippen molar-refractivity contribution in [1.82, 2.24) is 20.0 Å². The van der Waals surface area contributed by atoms with Gasteiger partial charge in [0.2, 0.25) is 0 Å². The molecule has 0 spiro atoms. The van der Waals surface area contributed by atoms with E-state index < -0.39 is 0 Å². The summed E-state index contributed by atoms with van der Waals surface area (Å²) in [5.74, 6) is 5.45. The molecule has 78 valence electrons. The minimum absolute atomic E-state index is 0.317. The molecule has 2 aromatic rings. The molecule has 2 rings (SSSR count). The Morgan fingerprint density at radius 3 is 2.94 bits per heavy atom. The molecule has 0 radical (unpaired) electrons. The van der Waals surface area contributed by atoms with E-state index in [0.29, 0.717) is 22.8 Å². The number of hydrogen-bond donors (Lipinski definition) is 0. The summed E-state index contributed by atoms with van der Waals surface area (Å²) in [4.78, 5) is 10.1. The molecule has 2 heterocycles. The number of halogens is 1. The number of hydrogen-bond acceptors (Lipinski definition) is 4. The van der Waals surface area contributed by atoms with Crippen LogP contribution >= 0.6 is 11.6 Å². The van der Waals surface area contributed by atoms with E-state index in [1.165, 1.54) is 10.9 Å². The first kappa shape index (κ1) is 10.3. The Morgan fingerprint density at radius 2 is 2.25 bits per heavy atom. The van der Waals surface area contributed by atoms with Crippen molar-refractivity contribution >= 4 is 17.9 Å². The van der Waals surface area contributed by atoms with Crippen LogP contribution in [0.15, 0.2) is 24.5 Å². The van der Waals surface area contributed by atoms with E-state index in [-0.39, 0.29) is 0 Å². The Hall–Kier alpha value is -2.19. The Labute approximate surface area is 96.1 Å². The third kappa shape index (κ3) is 2.24. The summed E-state index contributed by atoms with van der Waals surface area (Å²) in [5, 5.41) is 11.9. The average Bonchev–Trinajstić information content (AvgIpc) is 2.76. The lowest BCUT2D eigenvalue weighted by Gasteiger charge is -1.96. The van der Waals surface area contributed by atoms with Crippen molar-refractivity contribution in [2.24, 2.45) is 0 Å². The summed E-state index contributed by atoms with van der Waals surface area (Å²) in [7, 11) is 0. The first-order chi connectivity index (χ1) is 7.79. The fourth-order valence-electron chi connectivity index (χ4n) is 1.06. The van der Waals surface area contributed by atoms with Gasteiger partial charge in [0, 0.05) is 6.20 Å². The van der Waals surface area contributed by atoms with Crippen LogP contribution in [0.3, 0.4) is 0 Å².